The summed E-state index contributed by atoms with van der Waals surface area (Å²) in [6.45, 7) is 1.95. The number of para-hydroxylation sites is 3. The lowest BCUT2D eigenvalue weighted by atomic mass is 10.2. The third-order valence-corrected chi connectivity index (χ3v) is 4.04. The number of nitrogens with one attached hydrogen (secondary N) is 1. The highest BCUT2D eigenvalue weighted by atomic mass is 16.5. The maximum absolute atomic E-state index is 12.4. The van der Waals surface area contributed by atoms with Crippen LogP contribution in [0.1, 0.15) is 12.5 Å². The van der Waals surface area contributed by atoms with Gasteiger partial charge in [0.2, 0.25) is 5.91 Å². The van der Waals surface area contributed by atoms with E-state index in [0.717, 1.165) is 5.56 Å². The minimum absolute atomic E-state index is 0.0568. The first-order valence-electron chi connectivity index (χ1n) is 8.06. The van der Waals surface area contributed by atoms with Gasteiger partial charge in [-0.1, -0.05) is 30.3 Å². The highest BCUT2D eigenvalue weighted by Gasteiger charge is 2.32. The summed E-state index contributed by atoms with van der Waals surface area (Å²) in [6, 6.07) is 14.7. The van der Waals surface area contributed by atoms with E-state index in [1.54, 1.807) is 26.2 Å². The first kappa shape index (κ1) is 16.8. The Labute approximate surface area is 146 Å². The quantitative estimate of drug-likeness (QED) is 0.905. The predicted octanol–water partition coefficient (Wildman–Crippen LogP) is 2.13. The number of fused-ring (bicyclic) bond motifs is 1. The number of nitrogens with zero attached hydrogens (tertiary/aromatic N) is 1. The highest BCUT2D eigenvalue weighted by molar-refractivity contribution is 6.03. The van der Waals surface area contributed by atoms with E-state index in [1.165, 1.54) is 4.90 Å². The molecule has 0 aliphatic carbocycles. The molecule has 0 aromatic heterocycles. The number of benzene rings is 2. The Bertz CT molecular complexity index is 790. The molecule has 1 heterocycles. The molecule has 6 heteroatoms. The van der Waals surface area contributed by atoms with Crippen LogP contribution in [-0.4, -0.2) is 31.6 Å². The van der Waals surface area contributed by atoms with E-state index < -0.39 is 6.10 Å². The predicted molar refractivity (Wildman–Crippen MR) is 93.7 cm³/mol. The van der Waals surface area contributed by atoms with Crippen LogP contribution in [0, 0.1) is 0 Å². The lowest BCUT2D eigenvalue weighted by molar-refractivity contribution is -0.128. The molecular weight excluding hydrogens is 320 g/mol. The molecule has 0 saturated heterocycles. The molecule has 1 aliphatic heterocycles. The SMILES string of the molecule is COc1ccccc1CNC(=O)CN1C(=O)[C@@H](C)Oc2ccccc21. The molecule has 1 aliphatic rings. The van der Waals surface area contributed by atoms with Crippen LogP contribution in [0.5, 0.6) is 11.5 Å². The zero-order valence-corrected chi connectivity index (χ0v) is 14.2. The standard InChI is InChI=1S/C19H20N2O4/c1-13-19(23)21(15-8-4-6-10-17(15)25-13)12-18(22)20-11-14-7-3-5-9-16(14)24-2/h3-10,13H,11-12H2,1-2H3,(H,20,22)/t13-/m1/s1. The summed E-state index contributed by atoms with van der Waals surface area (Å²) >= 11 is 0. The van der Waals surface area contributed by atoms with E-state index in [4.69, 9.17) is 9.47 Å². The van der Waals surface area contributed by atoms with Gasteiger partial charge >= 0.3 is 0 Å². The lowest BCUT2D eigenvalue weighted by Crippen LogP contribution is -2.48. The normalized spacial score (nSPS) is 16.0. The number of hydrogen-bond acceptors (Lipinski definition) is 4. The van der Waals surface area contributed by atoms with Crippen molar-refractivity contribution >= 4 is 17.5 Å². The van der Waals surface area contributed by atoms with Gasteiger partial charge in [-0.25, -0.2) is 0 Å². The first-order chi connectivity index (χ1) is 12.1. The van der Waals surface area contributed by atoms with Crippen molar-refractivity contribution in [3.63, 3.8) is 0 Å². The van der Waals surface area contributed by atoms with Crippen molar-refractivity contribution in [3.05, 3.63) is 54.1 Å². The van der Waals surface area contributed by atoms with E-state index in [2.05, 4.69) is 5.32 Å². The fourth-order valence-corrected chi connectivity index (χ4v) is 2.76. The molecule has 3 rings (SSSR count). The molecule has 25 heavy (non-hydrogen) atoms. The van der Waals surface area contributed by atoms with Crippen LogP contribution in [0.2, 0.25) is 0 Å². The third kappa shape index (κ3) is 3.57. The molecule has 2 aromatic rings. The Morgan fingerprint density at radius 3 is 2.72 bits per heavy atom. The number of amides is 2. The van der Waals surface area contributed by atoms with Crippen LogP contribution in [0.25, 0.3) is 0 Å². The van der Waals surface area contributed by atoms with Gasteiger partial charge in [-0.2, -0.15) is 0 Å². The number of carbonyl (C=O) groups is 2. The second kappa shape index (κ2) is 7.25. The number of anilines is 1. The number of ether oxygens (including phenoxy) is 2. The van der Waals surface area contributed by atoms with Crippen molar-refractivity contribution < 1.29 is 19.1 Å². The van der Waals surface area contributed by atoms with E-state index >= 15 is 0 Å². The molecule has 0 unspecified atom stereocenters. The van der Waals surface area contributed by atoms with Gasteiger partial charge in [0, 0.05) is 12.1 Å². The van der Waals surface area contributed by atoms with Gasteiger partial charge < -0.3 is 14.8 Å². The number of carbonyl (C=O) groups excluding carboxylic acids is 2. The van der Waals surface area contributed by atoms with Crippen LogP contribution in [0.4, 0.5) is 5.69 Å². The number of methoxy groups -OCH3 is 1. The monoisotopic (exact) mass is 340 g/mol. The molecule has 130 valence electrons. The van der Waals surface area contributed by atoms with Gasteiger partial charge in [0.1, 0.15) is 18.0 Å². The highest BCUT2D eigenvalue weighted by Crippen LogP contribution is 2.33. The molecule has 0 radical (unpaired) electrons. The molecule has 1 atom stereocenters. The summed E-state index contributed by atoms with van der Waals surface area (Å²) in [5.41, 5.74) is 1.48. The van der Waals surface area contributed by atoms with Crippen molar-refractivity contribution in [1.82, 2.24) is 5.32 Å². The fraction of sp³-hybridized carbons (Fsp3) is 0.263. The average Bonchev–Trinajstić information content (AvgIpc) is 2.64. The van der Waals surface area contributed by atoms with Gasteiger partial charge in [-0.3, -0.25) is 14.5 Å². The van der Waals surface area contributed by atoms with Crippen molar-refractivity contribution in [1.29, 1.82) is 0 Å². The van der Waals surface area contributed by atoms with E-state index in [-0.39, 0.29) is 18.4 Å². The van der Waals surface area contributed by atoms with Crippen molar-refractivity contribution in [3.8, 4) is 11.5 Å². The minimum atomic E-state index is -0.614. The average molecular weight is 340 g/mol. The maximum Gasteiger partial charge on any atom is 0.268 e. The van der Waals surface area contributed by atoms with Gasteiger partial charge in [-0.05, 0) is 25.1 Å². The molecule has 6 nitrogen and oxygen atoms in total. The van der Waals surface area contributed by atoms with Gasteiger partial charge in [0.15, 0.2) is 6.10 Å². The summed E-state index contributed by atoms with van der Waals surface area (Å²) in [6.07, 6.45) is -0.614. The second-order valence-corrected chi connectivity index (χ2v) is 5.74. The van der Waals surface area contributed by atoms with E-state index in [9.17, 15) is 9.59 Å². The summed E-state index contributed by atoms with van der Waals surface area (Å²) in [7, 11) is 1.59. The van der Waals surface area contributed by atoms with Crippen LogP contribution < -0.4 is 19.7 Å². The fourth-order valence-electron chi connectivity index (χ4n) is 2.76. The van der Waals surface area contributed by atoms with E-state index in [0.29, 0.717) is 23.7 Å². The maximum atomic E-state index is 12.4. The molecule has 0 bridgehead atoms. The minimum Gasteiger partial charge on any atom is -0.496 e. The van der Waals surface area contributed by atoms with Crippen LogP contribution in [-0.2, 0) is 16.1 Å². The molecule has 2 aromatic carbocycles. The summed E-state index contributed by atoms with van der Waals surface area (Å²) in [5.74, 6) is 0.839. The zero-order valence-electron chi connectivity index (χ0n) is 14.2. The molecule has 0 saturated carbocycles. The summed E-state index contributed by atoms with van der Waals surface area (Å²) in [4.78, 5) is 26.2. The Morgan fingerprint density at radius 1 is 1.20 bits per heavy atom. The number of rotatable bonds is 5. The largest absolute Gasteiger partial charge is 0.496 e. The number of hydrogen-bond donors (Lipinski definition) is 1. The molecule has 0 spiro atoms. The smallest absolute Gasteiger partial charge is 0.268 e. The Balaban J connectivity index is 1.69. The van der Waals surface area contributed by atoms with E-state index in [1.807, 2.05) is 36.4 Å². The summed E-state index contributed by atoms with van der Waals surface area (Å²) in [5, 5.41) is 2.83. The topological polar surface area (TPSA) is 67.9 Å². The first-order valence-corrected chi connectivity index (χ1v) is 8.06. The second-order valence-electron chi connectivity index (χ2n) is 5.74. The zero-order chi connectivity index (χ0) is 17.8. The third-order valence-electron chi connectivity index (χ3n) is 4.04. The Hall–Kier alpha value is -3.02. The van der Waals surface area contributed by atoms with Crippen molar-refractivity contribution in [2.75, 3.05) is 18.6 Å². The summed E-state index contributed by atoms with van der Waals surface area (Å²) < 4.78 is 10.8. The molecular formula is C19H20N2O4. The Morgan fingerprint density at radius 2 is 1.92 bits per heavy atom. The van der Waals surface area contributed by atoms with Gasteiger partial charge in [0.05, 0.1) is 12.8 Å². The molecule has 0 fully saturated rings. The van der Waals surface area contributed by atoms with Crippen LogP contribution in [0.15, 0.2) is 48.5 Å². The van der Waals surface area contributed by atoms with Crippen LogP contribution in [0.3, 0.4) is 0 Å². The lowest BCUT2D eigenvalue weighted by Gasteiger charge is -2.32. The van der Waals surface area contributed by atoms with Gasteiger partial charge in [-0.15, -0.1) is 0 Å². The van der Waals surface area contributed by atoms with Gasteiger partial charge in [0.25, 0.3) is 5.91 Å². The van der Waals surface area contributed by atoms with Crippen LogP contribution >= 0.6 is 0 Å². The molecule has 1 N–H and O–H groups in total. The van der Waals surface area contributed by atoms with Crippen molar-refractivity contribution in [2.45, 2.75) is 19.6 Å². The Kier molecular flexibility index (Phi) is 4.88. The van der Waals surface area contributed by atoms with Crippen molar-refractivity contribution in [2.24, 2.45) is 0 Å². The molecule has 2 amide bonds.